The van der Waals surface area contributed by atoms with Gasteiger partial charge in [-0.1, -0.05) is 212 Å². The summed E-state index contributed by atoms with van der Waals surface area (Å²) >= 11 is 0. The molecule has 5 N–H and O–H groups in total. The van der Waals surface area contributed by atoms with Gasteiger partial charge < -0.3 is 25.7 Å². The molecule has 6 nitrogen and oxygen atoms in total. The van der Waals surface area contributed by atoms with E-state index in [1.54, 1.807) is 0 Å². The molecule has 0 heterocycles. The van der Waals surface area contributed by atoms with Gasteiger partial charge in [0, 0.05) is 0 Å². The van der Waals surface area contributed by atoms with Crippen molar-refractivity contribution in [3.63, 3.8) is 0 Å². The van der Waals surface area contributed by atoms with Crippen LogP contribution in [0.25, 0.3) is 0 Å². The number of carbonyl (C=O) groups is 1. The maximum absolute atomic E-state index is 12.5. The largest absolute Gasteiger partial charge is 0.394 e. The summed E-state index contributed by atoms with van der Waals surface area (Å²) in [6.07, 6.45) is 46.7. The molecule has 6 heteroatoms. The molecule has 0 aromatic heterocycles. The van der Waals surface area contributed by atoms with Gasteiger partial charge in [0.25, 0.3) is 0 Å². The van der Waals surface area contributed by atoms with Gasteiger partial charge in [0.15, 0.2) is 0 Å². The molecule has 1 amide bonds. The van der Waals surface area contributed by atoms with E-state index in [9.17, 15) is 25.2 Å². The van der Waals surface area contributed by atoms with Crippen LogP contribution in [0.15, 0.2) is 24.3 Å². The molecule has 0 radical (unpaired) electrons. The van der Waals surface area contributed by atoms with Crippen molar-refractivity contribution in [2.24, 2.45) is 0 Å². The third-order valence-corrected chi connectivity index (χ3v) is 10.6. The zero-order chi connectivity index (χ0) is 38.2. The Morgan fingerprint density at radius 1 is 0.462 bits per heavy atom. The first-order valence-corrected chi connectivity index (χ1v) is 22.7. The highest BCUT2D eigenvalue weighted by atomic mass is 16.3. The summed E-state index contributed by atoms with van der Waals surface area (Å²) in [5, 5.41) is 43.5. The highest BCUT2D eigenvalue weighted by molar-refractivity contribution is 5.80. The summed E-state index contributed by atoms with van der Waals surface area (Å²) in [5.41, 5.74) is 0. The van der Waals surface area contributed by atoms with Crippen molar-refractivity contribution in [3.8, 4) is 0 Å². The van der Waals surface area contributed by atoms with E-state index in [0.717, 1.165) is 44.9 Å². The van der Waals surface area contributed by atoms with E-state index in [1.165, 1.54) is 154 Å². The molecule has 0 saturated heterocycles. The van der Waals surface area contributed by atoms with E-state index in [1.807, 2.05) is 0 Å². The van der Waals surface area contributed by atoms with Crippen LogP contribution < -0.4 is 5.32 Å². The number of rotatable bonds is 41. The van der Waals surface area contributed by atoms with Crippen LogP contribution in [0.2, 0.25) is 0 Å². The van der Waals surface area contributed by atoms with Gasteiger partial charge in [0.1, 0.15) is 12.2 Å². The molecule has 0 spiro atoms. The summed E-state index contributed by atoms with van der Waals surface area (Å²) < 4.78 is 0. The second-order valence-electron chi connectivity index (χ2n) is 15.7. The Kier molecular flexibility index (Phi) is 40.0. The molecule has 52 heavy (non-hydrogen) atoms. The minimum Gasteiger partial charge on any atom is -0.394 e. The Bertz CT molecular complexity index is 787. The van der Waals surface area contributed by atoms with Gasteiger partial charge in [-0.25, -0.2) is 0 Å². The van der Waals surface area contributed by atoms with Crippen molar-refractivity contribution < 1.29 is 25.2 Å². The van der Waals surface area contributed by atoms with Crippen molar-refractivity contribution in [2.75, 3.05) is 6.61 Å². The molecule has 0 aromatic rings. The second-order valence-corrected chi connectivity index (χ2v) is 15.7. The molecule has 0 rings (SSSR count). The zero-order valence-corrected chi connectivity index (χ0v) is 34.6. The molecule has 0 bridgehead atoms. The first-order chi connectivity index (χ1) is 25.5. The van der Waals surface area contributed by atoms with Crippen molar-refractivity contribution in [2.45, 2.75) is 257 Å². The number of carbonyl (C=O) groups excluding carboxylic acids is 1. The van der Waals surface area contributed by atoms with Crippen molar-refractivity contribution >= 4 is 5.91 Å². The van der Waals surface area contributed by atoms with Crippen LogP contribution >= 0.6 is 0 Å². The molecular formula is C46H89NO5. The van der Waals surface area contributed by atoms with Crippen LogP contribution in [0.3, 0.4) is 0 Å². The Hall–Kier alpha value is -1.21. The lowest BCUT2D eigenvalue weighted by atomic mass is 10.00. The molecule has 308 valence electrons. The topological polar surface area (TPSA) is 110 Å². The van der Waals surface area contributed by atoms with Gasteiger partial charge in [-0.2, -0.15) is 0 Å². The molecule has 0 aliphatic carbocycles. The lowest BCUT2D eigenvalue weighted by Gasteiger charge is -2.27. The quantitative estimate of drug-likeness (QED) is 0.0317. The van der Waals surface area contributed by atoms with Gasteiger partial charge in [-0.15, -0.1) is 0 Å². The van der Waals surface area contributed by atoms with Gasteiger partial charge in [-0.05, 0) is 44.9 Å². The molecule has 0 aliphatic heterocycles. The average Bonchev–Trinajstić information content (AvgIpc) is 3.15. The fourth-order valence-electron chi connectivity index (χ4n) is 7.02. The third-order valence-electron chi connectivity index (χ3n) is 10.6. The summed E-state index contributed by atoms with van der Waals surface area (Å²) in [6, 6.07) is -1.00. The van der Waals surface area contributed by atoms with E-state index in [0.29, 0.717) is 19.3 Å². The Balaban J connectivity index is 3.61. The first kappa shape index (κ1) is 50.8. The van der Waals surface area contributed by atoms with E-state index >= 15 is 0 Å². The molecule has 4 unspecified atom stereocenters. The molecule has 0 aromatic carbocycles. The lowest BCUT2D eigenvalue weighted by molar-refractivity contribution is -0.132. The predicted molar refractivity (Wildman–Crippen MR) is 224 cm³/mol. The van der Waals surface area contributed by atoms with E-state index < -0.39 is 36.9 Å². The SMILES string of the molecule is CCC/C=C/CC/C=C/CCCC(O)C(O)C(CO)NC(=O)C(O)CCCCCCCCCCCCCCCCCCCCCCCCCCCC. The zero-order valence-electron chi connectivity index (χ0n) is 34.6. The summed E-state index contributed by atoms with van der Waals surface area (Å²) in [7, 11) is 0. The van der Waals surface area contributed by atoms with Crippen LogP contribution in [0.5, 0.6) is 0 Å². The molecule has 0 aliphatic rings. The number of aliphatic hydroxyl groups is 4. The number of allylic oxidation sites excluding steroid dienone is 4. The van der Waals surface area contributed by atoms with E-state index in [-0.39, 0.29) is 0 Å². The second kappa shape index (κ2) is 41.0. The fraction of sp³-hybridized carbons (Fsp3) is 0.891. The number of hydrogen-bond acceptors (Lipinski definition) is 5. The van der Waals surface area contributed by atoms with Crippen LogP contribution in [-0.2, 0) is 4.79 Å². The molecular weight excluding hydrogens is 647 g/mol. The predicted octanol–water partition coefficient (Wildman–Crippen LogP) is 12.0. The van der Waals surface area contributed by atoms with Crippen molar-refractivity contribution in [3.05, 3.63) is 24.3 Å². The number of unbranched alkanes of at least 4 members (excludes halogenated alkanes) is 28. The maximum atomic E-state index is 12.5. The number of hydrogen-bond donors (Lipinski definition) is 5. The molecule has 0 fully saturated rings. The minimum absolute atomic E-state index is 0.364. The van der Waals surface area contributed by atoms with Gasteiger partial charge in [0.2, 0.25) is 5.91 Å². The smallest absolute Gasteiger partial charge is 0.249 e. The first-order valence-electron chi connectivity index (χ1n) is 22.7. The number of aliphatic hydroxyl groups excluding tert-OH is 4. The van der Waals surface area contributed by atoms with Crippen LogP contribution in [0, 0.1) is 0 Å². The number of nitrogens with one attached hydrogen (secondary N) is 1. The number of amides is 1. The van der Waals surface area contributed by atoms with Gasteiger partial charge in [0.05, 0.1) is 18.8 Å². The van der Waals surface area contributed by atoms with Crippen LogP contribution in [0.4, 0.5) is 0 Å². The van der Waals surface area contributed by atoms with Crippen molar-refractivity contribution in [1.82, 2.24) is 5.32 Å². The standard InChI is InChI=1S/C46H89NO5/c1-3-5-7-9-11-13-15-16-17-18-19-20-21-22-23-24-25-26-27-28-29-30-32-34-36-38-40-44(50)46(52)47-42(41-48)45(51)43(49)39-37-35-33-31-14-12-10-8-6-4-2/h8,10,31,33,42-45,48-51H,3-7,9,11-30,32,34-41H2,1-2H3,(H,47,52)/b10-8+,33-31+. The van der Waals surface area contributed by atoms with Gasteiger partial charge in [-0.3, -0.25) is 4.79 Å². The monoisotopic (exact) mass is 736 g/mol. The third kappa shape index (κ3) is 34.6. The van der Waals surface area contributed by atoms with Crippen LogP contribution in [-0.4, -0.2) is 57.3 Å². The lowest BCUT2D eigenvalue weighted by Crippen LogP contribution is -2.53. The fourth-order valence-corrected chi connectivity index (χ4v) is 7.02. The maximum Gasteiger partial charge on any atom is 0.249 e. The van der Waals surface area contributed by atoms with Crippen molar-refractivity contribution in [1.29, 1.82) is 0 Å². The Morgan fingerprint density at radius 3 is 1.21 bits per heavy atom. The Labute approximate surface area is 323 Å². The van der Waals surface area contributed by atoms with Gasteiger partial charge >= 0.3 is 0 Å². The van der Waals surface area contributed by atoms with Crippen LogP contribution in [0.1, 0.15) is 232 Å². The summed E-state index contributed by atoms with van der Waals surface area (Å²) in [5.74, 6) is -0.596. The highest BCUT2D eigenvalue weighted by Crippen LogP contribution is 2.17. The average molecular weight is 736 g/mol. The highest BCUT2D eigenvalue weighted by Gasteiger charge is 2.28. The van der Waals surface area contributed by atoms with E-state index in [2.05, 4.69) is 43.5 Å². The minimum atomic E-state index is -1.28. The molecule has 0 saturated carbocycles. The Morgan fingerprint density at radius 2 is 0.827 bits per heavy atom. The summed E-state index contributed by atoms with van der Waals surface area (Å²) in [4.78, 5) is 12.5. The summed E-state index contributed by atoms with van der Waals surface area (Å²) in [6.45, 7) is 3.96. The normalized spacial score (nSPS) is 14.3. The van der Waals surface area contributed by atoms with E-state index in [4.69, 9.17) is 0 Å². The molecule has 4 atom stereocenters.